The molecule has 1 amide bonds. The van der Waals surface area contributed by atoms with Gasteiger partial charge in [0, 0.05) is 13.2 Å². The number of aliphatic carboxylic acids is 1. The maximum absolute atomic E-state index is 11.6. The van der Waals surface area contributed by atoms with Crippen molar-refractivity contribution in [3.05, 3.63) is 0 Å². The van der Waals surface area contributed by atoms with Gasteiger partial charge in [0.25, 0.3) is 0 Å². The van der Waals surface area contributed by atoms with Crippen molar-refractivity contribution in [3.8, 4) is 0 Å². The lowest BCUT2D eigenvalue weighted by molar-refractivity contribution is -0.148. The third kappa shape index (κ3) is 6.36. The molecule has 0 atom stereocenters. The molecule has 0 aliphatic carbocycles. The van der Waals surface area contributed by atoms with Gasteiger partial charge in [0.2, 0.25) is 5.91 Å². The van der Waals surface area contributed by atoms with Gasteiger partial charge in [-0.1, -0.05) is 0 Å². The summed E-state index contributed by atoms with van der Waals surface area (Å²) < 4.78 is 9.79. The van der Waals surface area contributed by atoms with Crippen molar-refractivity contribution in [2.45, 2.75) is 19.9 Å². The molecule has 0 unspecified atom stereocenters. The van der Waals surface area contributed by atoms with Crippen molar-refractivity contribution in [2.75, 3.05) is 33.5 Å². The molecule has 0 aromatic rings. The van der Waals surface area contributed by atoms with E-state index in [0.717, 1.165) is 0 Å². The van der Waals surface area contributed by atoms with Gasteiger partial charge in [0.15, 0.2) is 0 Å². The Morgan fingerprint density at radius 1 is 1.31 bits per heavy atom. The highest BCUT2D eigenvalue weighted by Crippen LogP contribution is 1.99. The zero-order valence-corrected chi connectivity index (χ0v) is 9.93. The van der Waals surface area contributed by atoms with Crippen LogP contribution in [0.4, 0.5) is 0 Å². The van der Waals surface area contributed by atoms with Crippen LogP contribution in [0.15, 0.2) is 0 Å². The van der Waals surface area contributed by atoms with Crippen molar-refractivity contribution in [1.82, 2.24) is 4.90 Å². The molecule has 0 radical (unpaired) electrons. The van der Waals surface area contributed by atoms with Crippen LogP contribution in [0.2, 0.25) is 0 Å². The summed E-state index contributed by atoms with van der Waals surface area (Å²) in [6.07, 6.45) is 0. The number of ether oxygens (including phenoxy) is 2. The summed E-state index contributed by atoms with van der Waals surface area (Å²) in [6.45, 7) is 3.83. The standard InChI is InChI=1S/C10H19NO5/c1-8(2)11(6-10(13)14)9(12)7-16-5-4-15-3/h8H,4-7H2,1-3H3,(H,13,14). The Labute approximate surface area is 95.1 Å². The van der Waals surface area contributed by atoms with Crippen molar-refractivity contribution in [1.29, 1.82) is 0 Å². The van der Waals surface area contributed by atoms with Crippen LogP contribution in [0.5, 0.6) is 0 Å². The van der Waals surface area contributed by atoms with Gasteiger partial charge in [-0.15, -0.1) is 0 Å². The van der Waals surface area contributed by atoms with Crippen LogP contribution < -0.4 is 0 Å². The van der Waals surface area contributed by atoms with Crippen molar-refractivity contribution >= 4 is 11.9 Å². The molecule has 0 rings (SSSR count). The van der Waals surface area contributed by atoms with E-state index in [1.54, 1.807) is 13.8 Å². The zero-order chi connectivity index (χ0) is 12.6. The topological polar surface area (TPSA) is 76.1 Å². The number of carbonyl (C=O) groups excluding carboxylic acids is 1. The highest BCUT2D eigenvalue weighted by atomic mass is 16.5. The molecule has 0 saturated heterocycles. The number of methoxy groups -OCH3 is 1. The molecule has 94 valence electrons. The van der Waals surface area contributed by atoms with Crippen molar-refractivity contribution < 1.29 is 24.2 Å². The van der Waals surface area contributed by atoms with Gasteiger partial charge in [-0.25, -0.2) is 0 Å². The average Bonchev–Trinajstić information content (AvgIpc) is 2.20. The fourth-order valence-corrected chi connectivity index (χ4v) is 1.09. The van der Waals surface area contributed by atoms with E-state index in [-0.39, 0.29) is 25.1 Å². The molecule has 1 N–H and O–H groups in total. The largest absolute Gasteiger partial charge is 0.480 e. The minimum Gasteiger partial charge on any atom is -0.480 e. The van der Waals surface area contributed by atoms with E-state index in [0.29, 0.717) is 13.2 Å². The molecule has 0 aliphatic rings. The smallest absolute Gasteiger partial charge is 0.323 e. The summed E-state index contributed by atoms with van der Waals surface area (Å²) >= 11 is 0. The summed E-state index contributed by atoms with van der Waals surface area (Å²) in [6, 6.07) is -0.158. The molecule has 0 aromatic carbocycles. The molecular formula is C10H19NO5. The molecule has 0 spiro atoms. The first-order valence-corrected chi connectivity index (χ1v) is 5.07. The fourth-order valence-electron chi connectivity index (χ4n) is 1.09. The lowest BCUT2D eigenvalue weighted by Gasteiger charge is -2.24. The SMILES string of the molecule is COCCOCC(=O)N(CC(=O)O)C(C)C. The molecule has 0 bridgehead atoms. The summed E-state index contributed by atoms with van der Waals surface area (Å²) in [5.41, 5.74) is 0. The Morgan fingerprint density at radius 2 is 1.94 bits per heavy atom. The van der Waals surface area contributed by atoms with Gasteiger partial charge in [-0.2, -0.15) is 0 Å². The Morgan fingerprint density at radius 3 is 2.38 bits per heavy atom. The molecule has 0 heterocycles. The summed E-state index contributed by atoms with van der Waals surface area (Å²) in [4.78, 5) is 23.4. The van der Waals surface area contributed by atoms with E-state index in [1.165, 1.54) is 12.0 Å². The lowest BCUT2D eigenvalue weighted by atomic mass is 10.3. The fraction of sp³-hybridized carbons (Fsp3) is 0.800. The molecule has 0 fully saturated rings. The molecule has 6 heteroatoms. The molecule has 0 aliphatic heterocycles. The predicted molar refractivity (Wildman–Crippen MR) is 57.2 cm³/mol. The van der Waals surface area contributed by atoms with E-state index in [1.807, 2.05) is 0 Å². The predicted octanol–water partition coefficient (Wildman–Crippen LogP) is -0.0290. The van der Waals surface area contributed by atoms with Gasteiger partial charge in [0.05, 0.1) is 13.2 Å². The van der Waals surface area contributed by atoms with Gasteiger partial charge in [0.1, 0.15) is 13.2 Å². The van der Waals surface area contributed by atoms with E-state index in [4.69, 9.17) is 14.6 Å². The molecule has 0 saturated carbocycles. The normalized spacial score (nSPS) is 10.5. The first-order valence-electron chi connectivity index (χ1n) is 5.07. The molecule has 16 heavy (non-hydrogen) atoms. The van der Waals surface area contributed by atoms with Gasteiger partial charge in [-0.3, -0.25) is 9.59 Å². The van der Waals surface area contributed by atoms with Crippen LogP contribution in [0.3, 0.4) is 0 Å². The van der Waals surface area contributed by atoms with Crippen LogP contribution in [0.25, 0.3) is 0 Å². The third-order valence-electron chi connectivity index (χ3n) is 1.91. The Hall–Kier alpha value is -1.14. The van der Waals surface area contributed by atoms with Crippen LogP contribution in [-0.4, -0.2) is 61.4 Å². The Bertz CT molecular complexity index is 229. The lowest BCUT2D eigenvalue weighted by Crippen LogP contribution is -2.42. The van der Waals surface area contributed by atoms with Crippen molar-refractivity contribution in [2.24, 2.45) is 0 Å². The molecule has 0 aromatic heterocycles. The Kier molecular flexibility index (Phi) is 7.49. The molecular weight excluding hydrogens is 214 g/mol. The van der Waals surface area contributed by atoms with E-state index in [2.05, 4.69) is 0 Å². The van der Waals surface area contributed by atoms with Crippen LogP contribution in [-0.2, 0) is 19.1 Å². The van der Waals surface area contributed by atoms with Gasteiger partial charge < -0.3 is 19.5 Å². The highest BCUT2D eigenvalue weighted by Gasteiger charge is 2.19. The number of nitrogens with zero attached hydrogens (tertiary/aromatic N) is 1. The minimum atomic E-state index is -1.03. The van der Waals surface area contributed by atoms with Crippen LogP contribution >= 0.6 is 0 Å². The van der Waals surface area contributed by atoms with E-state index >= 15 is 0 Å². The number of amides is 1. The number of carboxylic acids is 1. The second kappa shape index (κ2) is 8.06. The second-order valence-electron chi connectivity index (χ2n) is 3.55. The number of carbonyl (C=O) groups is 2. The maximum Gasteiger partial charge on any atom is 0.323 e. The quantitative estimate of drug-likeness (QED) is 0.596. The monoisotopic (exact) mass is 233 g/mol. The summed E-state index contributed by atoms with van der Waals surface area (Å²) in [5.74, 6) is -1.35. The first kappa shape index (κ1) is 14.9. The minimum absolute atomic E-state index is 0.116. The molecule has 6 nitrogen and oxygen atoms in total. The maximum atomic E-state index is 11.6. The summed E-state index contributed by atoms with van der Waals surface area (Å²) in [7, 11) is 1.54. The van der Waals surface area contributed by atoms with E-state index < -0.39 is 5.97 Å². The summed E-state index contributed by atoms with van der Waals surface area (Å²) in [5, 5.41) is 8.64. The number of rotatable bonds is 8. The van der Waals surface area contributed by atoms with Crippen LogP contribution in [0.1, 0.15) is 13.8 Å². The highest BCUT2D eigenvalue weighted by molar-refractivity contribution is 5.82. The van der Waals surface area contributed by atoms with E-state index in [9.17, 15) is 9.59 Å². The average molecular weight is 233 g/mol. The second-order valence-corrected chi connectivity index (χ2v) is 3.55. The number of hydrogen-bond acceptors (Lipinski definition) is 4. The Balaban J connectivity index is 4.02. The third-order valence-corrected chi connectivity index (χ3v) is 1.91. The zero-order valence-electron chi connectivity index (χ0n) is 9.93. The van der Waals surface area contributed by atoms with Gasteiger partial charge >= 0.3 is 5.97 Å². The number of hydrogen-bond donors (Lipinski definition) is 1. The van der Waals surface area contributed by atoms with Crippen LogP contribution in [0, 0.1) is 0 Å². The number of carboxylic acid groups (broad SMARTS) is 1. The van der Waals surface area contributed by atoms with Crippen molar-refractivity contribution in [3.63, 3.8) is 0 Å². The van der Waals surface area contributed by atoms with Gasteiger partial charge in [-0.05, 0) is 13.8 Å². The first-order chi connectivity index (χ1) is 7.49.